The molecular formula is C10H9ClO3. The summed E-state index contributed by atoms with van der Waals surface area (Å²) in [6.07, 6.45) is 4.41. The molecule has 0 saturated carbocycles. The third kappa shape index (κ3) is 3.49. The second-order valence-electron chi connectivity index (χ2n) is 2.70. The summed E-state index contributed by atoms with van der Waals surface area (Å²) >= 11 is 5.55. The van der Waals surface area contributed by atoms with Crippen molar-refractivity contribution in [3.63, 3.8) is 0 Å². The summed E-state index contributed by atoms with van der Waals surface area (Å²) in [6, 6.07) is 3.32. The summed E-state index contributed by atoms with van der Waals surface area (Å²) < 4.78 is 5.04. The van der Waals surface area contributed by atoms with Crippen LogP contribution in [0.3, 0.4) is 0 Å². The van der Waals surface area contributed by atoms with Crippen LogP contribution in [-0.2, 0) is 4.79 Å². The molecule has 0 aliphatic carbocycles. The van der Waals surface area contributed by atoms with Gasteiger partial charge in [0.05, 0.1) is 0 Å². The number of carboxylic acids is 1. The second kappa shape index (κ2) is 4.67. The Morgan fingerprint density at radius 2 is 2.29 bits per heavy atom. The van der Waals surface area contributed by atoms with Crippen molar-refractivity contribution >= 4 is 23.6 Å². The van der Waals surface area contributed by atoms with E-state index in [0.717, 1.165) is 6.08 Å². The number of carbonyl (C=O) groups is 1. The van der Waals surface area contributed by atoms with Crippen molar-refractivity contribution < 1.29 is 14.3 Å². The molecule has 0 spiro atoms. The molecule has 0 atom stereocenters. The minimum atomic E-state index is -0.968. The Balaban J connectivity index is 2.69. The van der Waals surface area contributed by atoms with E-state index in [1.165, 1.54) is 0 Å². The Hall–Kier alpha value is -1.48. The zero-order chi connectivity index (χ0) is 10.6. The summed E-state index contributed by atoms with van der Waals surface area (Å²) in [5.41, 5.74) is 0.630. The number of carboxylic acid groups (broad SMARTS) is 1. The molecule has 0 fully saturated rings. The van der Waals surface area contributed by atoms with E-state index in [1.54, 1.807) is 31.2 Å². The summed E-state index contributed by atoms with van der Waals surface area (Å²) in [7, 11) is 0. The lowest BCUT2D eigenvalue weighted by molar-refractivity contribution is -0.131. The molecule has 4 heteroatoms. The van der Waals surface area contributed by atoms with Crippen LogP contribution in [-0.4, -0.2) is 11.1 Å². The van der Waals surface area contributed by atoms with E-state index in [0.29, 0.717) is 16.6 Å². The lowest BCUT2D eigenvalue weighted by atomic mass is 10.2. The lowest BCUT2D eigenvalue weighted by Gasteiger charge is -1.88. The predicted molar refractivity (Wildman–Crippen MR) is 54.1 cm³/mol. The maximum atomic E-state index is 10.3. The zero-order valence-electron chi connectivity index (χ0n) is 7.53. The molecule has 1 heterocycles. The number of hydrogen-bond donors (Lipinski definition) is 1. The van der Waals surface area contributed by atoms with Gasteiger partial charge in [-0.25, -0.2) is 4.79 Å². The zero-order valence-corrected chi connectivity index (χ0v) is 8.28. The minimum Gasteiger partial charge on any atom is -0.478 e. The number of allylic oxidation sites excluding steroid dienone is 2. The first kappa shape index (κ1) is 10.6. The van der Waals surface area contributed by atoms with Gasteiger partial charge in [-0.15, -0.1) is 0 Å². The van der Waals surface area contributed by atoms with Crippen LogP contribution in [0.2, 0.25) is 5.22 Å². The molecule has 1 N–H and O–H groups in total. The van der Waals surface area contributed by atoms with E-state index < -0.39 is 5.97 Å². The molecule has 14 heavy (non-hydrogen) atoms. The topological polar surface area (TPSA) is 50.4 Å². The summed E-state index contributed by atoms with van der Waals surface area (Å²) in [5, 5.41) is 8.74. The SMILES string of the molecule is C/C(C=Cc1ccc(Cl)o1)=C/C(=O)O. The first-order valence-corrected chi connectivity index (χ1v) is 4.30. The molecule has 0 unspecified atom stereocenters. The van der Waals surface area contributed by atoms with Gasteiger partial charge >= 0.3 is 5.97 Å². The first-order valence-electron chi connectivity index (χ1n) is 3.92. The highest BCUT2D eigenvalue weighted by atomic mass is 35.5. The van der Waals surface area contributed by atoms with E-state index in [2.05, 4.69) is 0 Å². The third-order valence-corrected chi connectivity index (χ3v) is 1.66. The molecule has 0 bridgehead atoms. The van der Waals surface area contributed by atoms with Crippen LogP contribution in [0.5, 0.6) is 0 Å². The quantitative estimate of drug-likeness (QED) is 0.619. The van der Waals surface area contributed by atoms with Crippen LogP contribution in [0.15, 0.2) is 34.3 Å². The van der Waals surface area contributed by atoms with Gasteiger partial charge in [-0.2, -0.15) is 0 Å². The van der Waals surface area contributed by atoms with Crippen molar-refractivity contribution in [2.75, 3.05) is 0 Å². The number of aliphatic carboxylic acids is 1. The molecular weight excluding hydrogens is 204 g/mol. The average molecular weight is 213 g/mol. The predicted octanol–water partition coefficient (Wildman–Crippen LogP) is 2.98. The Labute approximate surface area is 86.3 Å². The smallest absolute Gasteiger partial charge is 0.328 e. The van der Waals surface area contributed by atoms with E-state index in [4.69, 9.17) is 21.1 Å². The van der Waals surface area contributed by atoms with Crippen molar-refractivity contribution in [3.8, 4) is 0 Å². The number of hydrogen-bond acceptors (Lipinski definition) is 2. The van der Waals surface area contributed by atoms with Gasteiger partial charge in [0, 0.05) is 6.08 Å². The standard InChI is InChI=1S/C10H9ClO3/c1-7(6-10(12)13)2-3-8-4-5-9(11)14-8/h2-6H,1H3,(H,12,13)/b3-2?,7-6-. The van der Waals surface area contributed by atoms with Crippen molar-refractivity contribution in [2.24, 2.45) is 0 Å². The Morgan fingerprint density at radius 1 is 1.57 bits per heavy atom. The fourth-order valence-corrected chi connectivity index (χ4v) is 1.03. The van der Waals surface area contributed by atoms with E-state index in [9.17, 15) is 4.79 Å². The fraction of sp³-hybridized carbons (Fsp3) is 0.100. The van der Waals surface area contributed by atoms with Gasteiger partial charge in [0.2, 0.25) is 0 Å². The second-order valence-corrected chi connectivity index (χ2v) is 3.07. The molecule has 1 aromatic heterocycles. The van der Waals surface area contributed by atoms with Crippen LogP contribution < -0.4 is 0 Å². The molecule has 1 aromatic rings. The molecule has 74 valence electrons. The molecule has 0 aliphatic heterocycles. The molecule has 3 nitrogen and oxygen atoms in total. The maximum absolute atomic E-state index is 10.3. The van der Waals surface area contributed by atoms with Gasteiger partial charge in [-0.3, -0.25) is 0 Å². The average Bonchev–Trinajstić information content (AvgIpc) is 2.47. The van der Waals surface area contributed by atoms with Crippen molar-refractivity contribution in [1.82, 2.24) is 0 Å². The van der Waals surface area contributed by atoms with E-state index >= 15 is 0 Å². The van der Waals surface area contributed by atoms with Gasteiger partial charge in [-0.05, 0) is 42.3 Å². The normalized spacial score (nSPS) is 12.3. The molecule has 0 aliphatic rings. The molecule has 0 saturated heterocycles. The molecule has 0 aromatic carbocycles. The summed E-state index contributed by atoms with van der Waals surface area (Å²) in [4.78, 5) is 10.3. The van der Waals surface area contributed by atoms with E-state index in [1.807, 2.05) is 0 Å². The fourth-order valence-electron chi connectivity index (χ4n) is 0.874. The van der Waals surface area contributed by atoms with Crippen LogP contribution in [0.4, 0.5) is 0 Å². The van der Waals surface area contributed by atoms with Crippen molar-refractivity contribution in [2.45, 2.75) is 6.92 Å². The third-order valence-electron chi connectivity index (χ3n) is 1.46. The van der Waals surface area contributed by atoms with Gasteiger partial charge in [-0.1, -0.05) is 6.08 Å². The van der Waals surface area contributed by atoms with Gasteiger partial charge in [0.15, 0.2) is 5.22 Å². The van der Waals surface area contributed by atoms with Crippen LogP contribution in [0, 0.1) is 0 Å². The van der Waals surface area contributed by atoms with Gasteiger partial charge in [0.25, 0.3) is 0 Å². The highest BCUT2D eigenvalue weighted by Crippen LogP contribution is 2.14. The summed E-state index contributed by atoms with van der Waals surface area (Å²) in [6.45, 7) is 1.69. The van der Waals surface area contributed by atoms with Crippen LogP contribution in [0.25, 0.3) is 6.08 Å². The monoisotopic (exact) mass is 212 g/mol. The van der Waals surface area contributed by atoms with Crippen molar-refractivity contribution in [3.05, 3.63) is 40.8 Å². The number of rotatable bonds is 3. The minimum absolute atomic E-state index is 0.310. The van der Waals surface area contributed by atoms with Gasteiger partial charge in [0.1, 0.15) is 5.76 Å². The highest BCUT2D eigenvalue weighted by Gasteiger charge is 1.94. The Bertz CT molecular complexity index is 388. The largest absolute Gasteiger partial charge is 0.478 e. The Kier molecular flexibility index (Phi) is 3.54. The highest BCUT2D eigenvalue weighted by molar-refractivity contribution is 6.28. The number of halogens is 1. The number of furan rings is 1. The lowest BCUT2D eigenvalue weighted by Crippen LogP contribution is -1.87. The Morgan fingerprint density at radius 3 is 2.79 bits per heavy atom. The maximum Gasteiger partial charge on any atom is 0.328 e. The molecule has 1 rings (SSSR count). The summed E-state index contributed by atoms with van der Waals surface area (Å²) in [5.74, 6) is -0.377. The van der Waals surface area contributed by atoms with Crippen LogP contribution >= 0.6 is 11.6 Å². The first-order chi connectivity index (χ1) is 6.58. The van der Waals surface area contributed by atoms with Gasteiger partial charge < -0.3 is 9.52 Å². The van der Waals surface area contributed by atoms with Crippen LogP contribution in [0.1, 0.15) is 12.7 Å². The molecule has 0 amide bonds. The van der Waals surface area contributed by atoms with Crippen molar-refractivity contribution in [1.29, 1.82) is 0 Å². The molecule has 0 radical (unpaired) electrons. The van der Waals surface area contributed by atoms with E-state index in [-0.39, 0.29) is 0 Å².